The molecule has 0 unspecified atom stereocenters. The lowest BCUT2D eigenvalue weighted by Gasteiger charge is -2.09. The Morgan fingerprint density at radius 1 is 1.43 bits per heavy atom. The topological polar surface area (TPSA) is 16.1 Å². The van der Waals surface area contributed by atoms with Crippen LogP contribution >= 0.6 is 0 Å². The van der Waals surface area contributed by atoms with Crippen molar-refractivity contribution < 1.29 is 0 Å². The molecule has 0 spiro atoms. The SMILES string of the molecule is C=C/C(=C\N(C)C)c1cncc(C)c1. The predicted octanol–water partition coefficient (Wildman–Crippen LogP) is 2.48. The van der Waals surface area contributed by atoms with Crippen molar-refractivity contribution in [3.63, 3.8) is 0 Å². The van der Waals surface area contributed by atoms with E-state index in [4.69, 9.17) is 0 Å². The van der Waals surface area contributed by atoms with Gasteiger partial charge in [0.15, 0.2) is 0 Å². The summed E-state index contributed by atoms with van der Waals surface area (Å²) in [4.78, 5) is 6.15. The highest BCUT2D eigenvalue weighted by atomic mass is 15.0. The van der Waals surface area contributed by atoms with Crippen molar-refractivity contribution in [1.82, 2.24) is 9.88 Å². The van der Waals surface area contributed by atoms with Crippen LogP contribution in [0.2, 0.25) is 0 Å². The Bertz CT molecular complexity index is 351. The fourth-order valence-electron chi connectivity index (χ4n) is 1.24. The first-order valence-electron chi connectivity index (χ1n) is 4.56. The Hall–Kier alpha value is -1.57. The Balaban J connectivity index is 3.07. The molecular formula is C12H16N2. The maximum absolute atomic E-state index is 4.15. The molecule has 0 aromatic carbocycles. The van der Waals surface area contributed by atoms with Gasteiger partial charge in [0.25, 0.3) is 0 Å². The predicted molar refractivity (Wildman–Crippen MR) is 60.8 cm³/mol. The Labute approximate surface area is 85.6 Å². The van der Waals surface area contributed by atoms with Crippen molar-refractivity contribution in [1.29, 1.82) is 0 Å². The molecule has 0 aliphatic heterocycles. The van der Waals surface area contributed by atoms with Crippen molar-refractivity contribution in [2.24, 2.45) is 0 Å². The quantitative estimate of drug-likeness (QED) is 0.677. The summed E-state index contributed by atoms with van der Waals surface area (Å²) in [6.45, 7) is 5.83. The van der Waals surface area contributed by atoms with Gasteiger partial charge < -0.3 is 4.90 Å². The Kier molecular flexibility index (Phi) is 3.46. The monoisotopic (exact) mass is 188 g/mol. The second-order valence-electron chi connectivity index (χ2n) is 3.50. The summed E-state index contributed by atoms with van der Waals surface area (Å²) in [6.07, 6.45) is 7.57. The van der Waals surface area contributed by atoms with Crippen LogP contribution in [0.5, 0.6) is 0 Å². The first-order chi connectivity index (χ1) is 6.63. The lowest BCUT2D eigenvalue weighted by atomic mass is 10.1. The van der Waals surface area contributed by atoms with Crippen molar-refractivity contribution in [3.05, 3.63) is 48.4 Å². The average molecular weight is 188 g/mol. The van der Waals surface area contributed by atoms with Gasteiger partial charge in [-0.15, -0.1) is 0 Å². The van der Waals surface area contributed by atoms with E-state index in [0.29, 0.717) is 0 Å². The molecule has 14 heavy (non-hydrogen) atoms. The van der Waals surface area contributed by atoms with Crippen molar-refractivity contribution in [2.75, 3.05) is 14.1 Å². The highest BCUT2D eigenvalue weighted by Crippen LogP contribution is 2.15. The molecule has 0 N–H and O–H groups in total. The number of pyridine rings is 1. The molecule has 0 aliphatic rings. The zero-order valence-electron chi connectivity index (χ0n) is 8.99. The third kappa shape index (κ3) is 2.73. The summed E-state index contributed by atoms with van der Waals surface area (Å²) < 4.78 is 0. The molecular weight excluding hydrogens is 172 g/mol. The minimum atomic E-state index is 1.09. The molecule has 1 rings (SSSR count). The van der Waals surface area contributed by atoms with Gasteiger partial charge in [-0.05, 0) is 24.1 Å². The molecule has 0 saturated carbocycles. The molecule has 0 fully saturated rings. The fourth-order valence-corrected chi connectivity index (χ4v) is 1.24. The van der Waals surface area contributed by atoms with E-state index < -0.39 is 0 Å². The van der Waals surface area contributed by atoms with Gasteiger partial charge in [-0.3, -0.25) is 4.98 Å². The molecule has 2 heteroatoms. The van der Waals surface area contributed by atoms with E-state index in [-0.39, 0.29) is 0 Å². The van der Waals surface area contributed by atoms with Crippen LogP contribution in [-0.2, 0) is 0 Å². The van der Waals surface area contributed by atoms with Gasteiger partial charge in [0.05, 0.1) is 0 Å². The smallest absolute Gasteiger partial charge is 0.0347 e. The number of aryl methyl sites for hydroxylation is 1. The van der Waals surface area contributed by atoms with Gasteiger partial charge in [-0.2, -0.15) is 0 Å². The van der Waals surface area contributed by atoms with Gasteiger partial charge in [0.2, 0.25) is 0 Å². The number of hydrogen-bond acceptors (Lipinski definition) is 2. The van der Waals surface area contributed by atoms with E-state index >= 15 is 0 Å². The first kappa shape index (κ1) is 10.5. The third-order valence-corrected chi connectivity index (χ3v) is 1.83. The highest BCUT2D eigenvalue weighted by molar-refractivity contribution is 5.72. The van der Waals surface area contributed by atoms with Crippen molar-refractivity contribution >= 4 is 5.57 Å². The normalized spacial score (nSPS) is 11.2. The van der Waals surface area contributed by atoms with Crippen LogP contribution < -0.4 is 0 Å². The van der Waals surface area contributed by atoms with E-state index in [1.54, 1.807) is 0 Å². The second kappa shape index (κ2) is 4.61. The van der Waals surface area contributed by atoms with Gasteiger partial charge in [-0.25, -0.2) is 0 Å². The summed E-state index contributed by atoms with van der Waals surface area (Å²) >= 11 is 0. The molecule has 0 radical (unpaired) electrons. The maximum atomic E-state index is 4.15. The summed E-state index contributed by atoms with van der Waals surface area (Å²) in [7, 11) is 3.99. The largest absolute Gasteiger partial charge is 0.383 e. The lowest BCUT2D eigenvalue weighted by molar-refractivity contribution is 0.566. The number of nitrogens with zero attached hydrogens (tertiary/aromatic N) is 2. The maximum Gasteiger partial charge on any atom is 0.0347 e. The molecule has 0 saturated heterocycles. The van der Waals surface area contributed by atoms with E-state index in [0.717, 1.165) is 16.7 Å². The average Bonchev–Trinajstić information content (AvgIpc) is 2.14. The van der Waals surface area contributed by atoms with E-state index in [2.05, 4.69) is 17.6 Å². The van der Waals surface area contributed by atoms with Crippen LogP contribution in [0.25, 0.3) is 5.57 Å². The van der Waals surface area contributed by atoms with Gasteiger partial charge >= 0.3 is 0 Å². The zero-order valence-corrected chi connectivity index (χ0v) is 8.99. The Morgan fingerprint density at radius 3 is 2.64 bits per heavy atom. The van der Waals surface area contributed by atoms with Gasteiger partial charge in [-0.1, -0.05) is 12.7 Å². The molecule has 2 nitrogen and oxygen atoms in total. The second-order valence-corrected chi connectivity index (χ2v) is 3.50. The van der Waals surface area contributed by atoms with E-state index in [9.17, 15) is 0 Å². The van der Waals surface area contributed by atoms with Crippen LogP contribution in [0.4, 0.5) is 0 Å². The van der Waals surface area contributed by atoms with Crippen LogP contribution in [0.15, 0.2) is 37.3 Å². The van der Waals surface area contributed by atoms with Crippen LogP contribution in [0.1, 0.15) is 11.1 Å². The van der Waals surface area contributed by atoms with Gasteiger partial charge in [0.1, 0.15) is 0 Å². The standard InChI is InChI=1S/C12H16N2/c1-5-11(9-14(3)4)12-6-10(2)7-13-8-12/h5-9H,1H2,2-4H3/b11-9+. The Morgan fingerprint density at radius 2 is 2.14 bits per heavy atom. The molecule has 74 valence electrons. The summed E-state index contributed by atoms with van der Waals surface area (Å²) in [5.41, 5.74) is 3.36. The lowest BCUT2D eigenvalue weighted by Crippen LogP contribution is -2.02. The summed E-state index contributed by atoms with van der Waals surface area (Å²) in [5.74, 6) is 0. The molecule has 0 bridgehead atoms. The number of allylic oxidation sites excluding steroid dienone is 2. The molecule has 1 aromatic rings. The number of hydrogen-bond donors (Lipinski definition) is 0. The molecule has 0 atom stereocenters. The van der Waals surface area contributed by atoms with Crippen molar-refractivity contribution in [3.8, 4) is 0 Å². The summed E-state index contributed by atoms with van der Waals surface area (Å²) in [6, 6.07) is 2.10. The van der Waals surface area contributed by atoms with Crippen molar-refractivity contribution in [2.45, 2.75) is 6.92 Å². The number of aromatic nitrogens is 1. The minimum Gasteiger partial charge on any atom is -0.383 e. The highest BCUT2D eigenvalue weighted by Gasteiger charge is 1.98. The molecule has 0 amide bonds. The third-order valence-electron chi connectivity index (χ3n) is 1.83. The van der Waals surface area contributed by atoms with Crippen LogP contribution in [0.3, 0.4) is 0 Å². The molecule has 0 aliphatic carbocycles. The first-order valence-corrected chi connectivity index (χ1v) is 4.56. The summed E-state index contributed by atoms with van der Waals surface area (Å²) in [5, 5.41) is 0. The van der Waals surface area contributed by atoms with E-state index in [1.807, 2.05) is 50.6 Å². The minimum absolute atomic E-state index is 1.09. The van der Waals surface area contributed by atoms with Crippen LogP contribution in [-0.4, -0.2) is 24.0 Å². The van der Waals surface area contributed by atoms with Crippen LogP contribution in [0, 0.1) is 6.92 Å². The fraction of sp³-hybridized carbons (Fsp3) is 0.250. The molecule has 1 heterocycles. The van der Waals surface area contributed by atoms with E-state index in [1.165, 1.54) is 0 Å². The zero-order chi connectivity index (χ0) is 10.6. The number of rotatable bonds is 3. The van der Waals surface area contributed by atoms with Gasteiger partial charge in [0, 0.05) is 38.3 Å². The molecule has 1 aromatic heterocycles.